The summed E-state index contributed by atoms with van der Waals surface area (Å²) >= 11 is 0. The lowest BCUT2D eigenvalue weighted by Gasteiger charge is -2.15. The maximum absolute atomic E-state index is 13.9. The highest BCUT2D eigenvalue weighted by Crippen LogP contribution is 2.37. The average molecular weight is 422 g/mol. The van der Waals surface area contributed by atoms with Gasteiger partial charge in [-0.05, 0) is 55.0 Å². The standard InChI is InChI=1S/C25H24F2N2O2/c26-19-10-9-16(12-20(19)27)25-28-24(21-8-2-1-5-11-29(21)25)23(31)14-18-17-7-4-3-6-15(17)13-22(18)30/h3-4,6-7,9-10,12,18,22,30H,1-2,5,8,11,13-14H2/t18-,22+/m1/s1. The minimum atomic E-state index is -0.929. The number of fused-ring (bicyclic) bond motifs is 2. The smallest absolute Gasteiger partial charge is 0.183 e. The molecule has 0 amide bonds. The molecule has 1 aliphatic heterocycles. The monoisotopic (exact) mass is 422 g/mol. The Bertz CT molecular complexity index is 1150. The molecular formula is C25H24F2N2O2. The third-order valence-electron chi connectivity index (χ3n) is 6.56. The van der Waals surface area contributed by atoms with E-state index in [4.69, 9.17) is 0 Å². The second kappa shape index (κ2) is 8.00. The molecule has 0 bridgehead atoms. The summed E-state index contributed by atoms with van der Waals surface area (Å²) in [6, 6.07) is 11.6. The summed E-state index contributed by atoms with van der Waals surface area (Å²) < 4.78 is 29.3. The van der Waals surface area contributed by atoms with E-state index in [1.165, 1.54) is 6.07 Å². The van der Waals surface area contributed by atoms with Crippen molar-refractivity contribution in [2.45, 2.75) is 57.1 Å². The highest BCUT2D eigenvalue weighted by Gasteiger charge is 2.34. The van der Waals surface area contributed by atoms with Crippen molar-refractivity contribution in [3.05, 3.63) is 76.6 Å². The topological polar surface area (TPSA) is 55.1 Å². The van der Waals surface area contributed by atoms with Gasteiger partial charge in [-0.3, -0.25) is 4.79 Å². The fraction of sp³-hybridized carbons (Fsp3) is 0.360. The van der Waals surface area contributed by atoms with Gasteiger partial charge in [-0.2, -0.15) is 0 Å². The van der Waals surface area contributed by atoms with E-state index in [0.717, 1.165) is 54.6 Å². The van der Waals surface area contributed by atoms with Crippen molar-refractivity contribution in [2.24, 2.45) is 0 Å². The Labute approximate surface area is 179 Å². The summed E-state index contributed by atoms with van der Waals surface area (Å²) in [7, 11) is 0. The zero-order valence-corrected chi connectivity index (χ0v) is 17.2. The molecule has 1 N–H and O–H groups in total. The van der Waals surface area contributed by atoms with Gasteiger partial charge in [-0.15, -0.1) is 0 Å². The van der Waals surface area contributed by atoms with Gasteiger partial charge < -0.3 is 9.67 Å². The van der Waals surface area contributed by atoms with E-state index in [2.05, 4.69) is 4.98 Å². The molecule has 6 heteroatoms. The van der Waals surface area contributed by atoms with Crippen molar-refractivity contribution >= 4 is 5.78 Å². The van der Waals surface area contributed by atoms with Gasteiger partial charge in [0.15, 0.2) is 17.4 Å². The van der Waals surface area contributed by atoms with Crippen molar-refractivity contribution < 1.29 is 18.7 Å². The minimum Gasteiger partial charge on any atom is -0.392 e. The third kappa shape index (κ3) is 3.59. The maximum Gasteiger partial charge on any atom is 0.183 e. The van der Waals surface area contributed by atoms with Crippen LogP contribution in [0, 0.1) is 11.6 Å². The molecule has 2 atom stereocenters. The number of Topliss-reactive ketones (excluding diaryl/α,β-unsaturated/α-hetero) is 1. The number of hydrogen-bond donors (Lipinski definition) is 1. The lowest BCUT2D eigenvalue weighted by molar-refractivity contribution is 0.0915. The number of benzene rings is 2. The van der Waals surface area contributed by atoms with Crippen molar-refractivity contribution in [3.63, 3.8) is 0 Å². The second-order valence-corrected chi connectivity index (χ2v) is 8.53. The lowest BCUT2D eigenvalue weighted by Crippen LogP contribution is -2.18. The molecule has 2 aliphatic rings. The summed E-state index contributed by atoms with van der Waals surface area (Å²) in [6.07, 6.45) is 3.81. The number of halogens is 2. The van der Waals surface area contributed by atoms with Gasteiger partial charge in [0, 0.05) is 30.1 Å². The molecule has 1 aromatic heterocycles. The first-order valence-electron chi connectivity index (χ1n) is 10.9. The summed E-state index contributed by atoms with van der Waals surface area (Å²) in [5.74, 6) is -1.69. The molecule has 5 rings (SSSR count). The number of rotatable bonds is 4. The van der Waals surface area contributed by atoms with Gasteiger partial charge in [-0.1, -0.05) is 30.7 Å². The molecule has 2 heterocycles. The van der Waals surface area contributed by atoms with Gasteiger partial charge in [0.2, 0.25) is 0 Å². The van der Waals surface area contributed by atoms with Crippen molar-refractivity contribution in [2.75, 3.05) is 0 Å². The highest BCUT2D eigenvalue weighted by molar-refractivity contribution is 5.96. The number of imidazole rings is 1. The van der Waals surface area contributed by atoms with E-state index in [-0.39, 0.29) is 18.1 Å². The molecule has 0 saturated carbocycles. The molecule has 1 aliphatic carbocycles. The van der Waals surface area contributed by atoms with Crippen LogP contribution < -0.4 is 0 Å². The van der Waals surface area contributed by atoms with E-state index < -0.39 is 17.7 Å². The van der Waals surface area contributed by atoms with Crippen LogP contribution in [0.25, 0.3) is 11.4 Å². The van der Waals surface area contributed by atoms with Crippen LogP contribution in [0.4, 0.5) is 8.78 Å². The zero-order chi connectivity index (χ0) is 21.5. The number of ketones is 1. The van der Waals surface area contributed by atoms with Gasteiger partial charge in [0.1, 0.15) is 11.5 Å². The quantitative estimate of drug-likeness (QED) is 0.613. The molecule has 0 fully saturated rings. The van der Waals surface area contributed by atoms with Crippen LogP contribution in [-0.2, 0) is 19.4 Å². The zero-order valence-electron chi connectivity index (χ0n) is 17.2. The predicted octanol–water partition coefficient (Wildman–Crippen LogP) is 4.83. The summed E-state index contributed by atoms with van der Waals surface area (Å²) in [6.45, 7) is 0.693. The first-order chi connectivity index (χ1) is 15.0. The largest absolute Gasteiger partial charge is 0.392 e. The predicted molar refractivity (Wildman–Crippen MR) is 113 cm³/mol. The van der Waals surface area contributed by atoms with Crippen LogP contribution in [0.5, 0.6) is 0 Å². The van der Waals surface area contributed by atoms with Gasteiger partial charge in [0.05, 0.1) is 6.10 Å². The van der Waals surface area contributed by atoms with Crippen LogP contribution in [0.2, 0.25) is 0 Å². The number of aliphatic hydroxyl groups excluding tert-OH is 1. The van der Waals surface area contributed by atoms with E-state index >= 15 is 0 Å². The third-order valence-corrected chi connectivity index (χ3v) is 6.56. The van der Waals surface area contributed by atoms with Crippen LogP contribution in [-0.4, -0.2) is 26.5 Å². The maximum atomic E-state index is 13.9. The Morgan fingerprint density at radius 1 is 1.10 bits per heavy atom. The summed E-state index contributed by atoms with van der Waals surface area (Å²) in [4.78, 5) is 18.0. The van der Waals surface area contributed by atoms with Crippen molar-refractivity contribution in [1.29, 1.82) is 0 Å². The Kier molecular flexibility index (Phi) is 5.18. The van der Waals surface area contributed by atoms with Crippen LogP contribution >= 0.6 is 0 Å². The van der Waals surface area contributed by atoms with Gasteiger partial charge in [0.25, 0.3) is 0 Å². The number of carbonyl (C=O) groups is 1. The fourth-order valence-corrected chi connectivity index (χ4v) is 5.00. The SMILES string of the molecule is O=C(C[C@@H]1c2ccccc2C[C@@H]1O)c1nc(-c2ccc(F)c(F)c2)n2c1CCCCC2. The van der Waals surface area contributed by atoms with E-state index in [1.54, 1.807) is 0 Å². The first-order valence-corrected chi connectivity index (χ1v) is 10.9. The van der Waals surface area contributed by atoms with Crippen LogP contribution in [0.1, 0.15) is 58.9 Å². The highest BCUT2D eigenvalue weighted by atomic mass is 19.2. The Morgan fingerprint density at radius 2 is 1.94 bits per heavy atom. The molecule has 0 unspecified atom stereocenters. The number of aliphatic hydroxyl groups is 1. The van der Waals surface area contributed by atoms with E-state index in [1.807, 2.05) is 28.8 Å². The summed E-state index contributed by atoms with van der Waals surface area (Å²) in [5.41, 5.74) is 3.84. The summed E-state index contributed by atoms with van der Waals surface area (Å²) in [5, 5.41) is 10.6. The molecule has 31 heavy (non-hydrogen) atoms. The van der Waals surface area contributed by atoms with Crippen molar-refractivity contribution in [3.8, 4) is 11.4 Å². The van der Waals surface area contributed by atoms with Crippen molar-refractivity contribution in [1.82, 2.24) is 9.55 Å². The molecule has 3 aromatic rings. The number of hydrogen-bond acceptors (Lipinski definition) is 3. The van der Waals surface area contributed by atoms with Crippen LogP contribution in [0.15, 0.2) is 42.5 Å². The minimum absolute atomic E-state index is 0.111. The second-order valence-electron chi connectivity index (χ2n) is 8.53. The number of carbonyl (C=O) groups excluding carboxylic acids is 1. The van der Waals surface area contributed by atoms with E-state index in [9.17, 15) is 18.7 Å². The Hall–Kier alpha value is -2.86. The molecule has 160 valence electrons. The average Bonchev–Trinajstić information content (AvgIpc) is 3.16. The molecular weight excluding hydrogens is 398 g/mol. The molecule has 0 saturated heterocycles. The van der Waals surface area contributed by atoms with Gasteiger partial charge >= 0.3 is 0 Å². The van der Waals surface area contributed by atoms with E-state index in [0.29, 0.717) is 30.0 Å². The Morgan fingerprint density at radius 3 is 2.77 bits per heavy atom. The fourth-order valence-electron chi connectivity index (χ4n) is 5.00. The molecule has 0 spiro atoms. The molecule has 2 aromatic carbocycles. The lowest BCUT2D eigenvalue weighted by atomic mass is 9.92. The van der Waals surface area contributed by atoms with Gasteiger partial charge in [-0.25, -0.2) is 13.8 Å². The van der Waals surface area contributed by atoms with Crippen LogP contribution in [0.3, 0.4) is 0 Å². The number of nitrogens with zero attached hydrogens (tertiary/aromatic N) is 2. The molecule has 0 radical (unpaired) electrons. The normalized spacial score (nSPS) is 20.2. The first kappa shape index (κ1) is 20.1. The number of aromatic nitrogens is 2. The Balaban J connectivity index is 1.52. The molecule has 4 nitrogen and oxygen atoms in total.